The minimum absolute atomic E-state index is 0.0916. The lowest BCUT2D eigenvalue weighted by molar-refractivity contribution is 0.612. The van der Waals surface area contributed by atoms with E-state index in [1.54, 1.807) is 6.92 Å². The summed E-state index contributed by atoms with van der Waals surface area (Å²) in [7, 11) is -1.44. The average molecular weight is 242 g/mol. The number of nitrogens with zero attached hydrogens (tertiary/aromatic N) is 1. The number of aromatic nitrogens is 1. The Morgan fingerprint density at radius 2 is 2.00 bits per heavy atom. The maximum atomic E-state index is 13.4. The lowest BCUT2D eigenvalue weighted by Gasteiger charge is -2.05. The zero-order valence-electron chi connectivity index (χ0n) is 9.28. The fourth-order valence-electron chi connectivity index (χ4n) is 0.929. The molecule has 0 saturated heterocycles. The fraction of sp³-hybridized carbons (Fsp3) is 0.364. The van der Waals surface area contributed by atoms with Crippen LogP contribution in [0.5, 0.6) is 0 Å². The molecule has 4 heteroatoms. The monoisotopic (exact) mass is 241 g/mol. The van der Waals surface area contributed by atoms with E-state index >= 15 is 0 Å². The van der Waals surface area contributed by atoms with Gasteiger partial charge >= 0.3 is 0 Å². The van der Waals surface area contributed by atoms with Gasteiger partial charge in [0, 0.05) is 17.3 Å². The lowest BCUT2D eigenvalue weighted by Crippen LogP contribution is -2.16. The molecular weight excluding hydrogens is 229 g/mol. The normalized spacial score (nSPS) is 10.8. The Morgan fingerprint density at radius 3 is 2.53 bits per heavy atom. The number of rotatable bonds is 0. The molecule has 0 aliphatic carbocycles. The molecule has 15 heavy (non-hydrogen) atoms. The van der Waals surface area contributed by atoms with Crippen molar-refractivity contribution in [1.82, 2.24) is 4.98 Å². The number of hydrogen-bond acceptors (Lipinski definition) is 1. The molecular formula is C11H13ClFNSi. The van der Waals surface area contributed by atoms with Crippen LogP contribution in [-0.2, 0) is 0 Å². The first kappa shape index (κ1) is 12.2. The van der Waals surface area contributed by atoms with Gasteiger partial charge in [-0.2, -0.15) is 0 Å². The van der Waals surface area contributed by atoms with Crippen LogP contribution in [0.4, 0.5) is 4.39 Å². The molecule has 0 aromatic carbocycles. The van der Waals surface area contributed by atoms with E-state index in [2.05, 4.69) is 36.1 Å². The Bertz CT molecular complexity index is 440. The Morgan fingerprint density at radius 1 is 1.40 bits per heavy atom. The smallest absolute Gasteiger partial charge is 0.165 e. The molecule has 0 radical (unpaired) electrons. The van der Waals surface area contributed by atoms with Gasteiger partial charge in [0.05, 0.1) is 0 Å². The van der Waals surface area contributed by atoms with E-state index in [9.17, 15) is 4.39 Å². The second kappa shape index (κ2) is 4.34. The van der Waals surface area contributed by atoms with Gasteiger partial charge in [-0.1, -0.05) is 37.2 Å². The Kier molecular flexibility index (Phi) is 3.53. The summed E-state index contributed by atoms with van der Waals surface area (Å²) in [5.74, 6) is 2.50. The maximum absolute atomic E-state index is 13.4. The molecule has 0 spiro atoms. The highest BCUT2D eigenvalue weighted by atomic mass is 35.5. The van der Waals surface area contributed by atoms with Crippen LogP contribution >= 0.6 is 11.6 Å². The van der Waals surface area contributed by atoms with Gasteiger partial charge in [-0.05, 0) is 6.92 Å². The highest BCUT2D eigenvalue weighted by Gasteiger charge is 2.10. The molecule has 80 valence electrons. The van der Waals surface area contributed by atoms with E-state index in [1.165, 1.54) is 6.20 Å². The number of pyridine rings is 1. The van der Waals surface area contributed by atoms with Gasteiger partial charge in [0.1, 0.15) is 8.07 Å². The van der Waals surface area contributed by atoms with Crippen molar-refractivity contribution < 1.29 is 4.39 Å². The molecule has 1 rings (SSSR count). The third-order valence-corrected chi connectivity index (χ3v) is 2.93. The van der Waals surface area contributed by atoms with Crippen LogP contribution in [0.2, 0.25) is 24.8 Å². The van der Waals surface area contributed by atoms with Crippen LogP contribution in [-0.4, -0.2) is 13.1 Å². The van der Waals surface area contributed by atoms with E-state index in [0.29, 0.717) is 11.1 Å². The van der Waals surface area contributed by atoms with E-state index in [0.717, 1.165) is 0 Å². The molecule has 0 fully saturated rings. The van der Waals surface area contributed by atoms with Crippen molar-refractivity contribution in [2.75, 3.05) is 0 Å². The van der Waals surface area contributed by atoms with Crippen molar-refractivity contribution in [2.24, 2.45) is 0 Å². The first-order valence-corrected chi connectivity index (χ1v) is 8.53. The molecule has 0 bridgehead atoms. The van der Waals surface area contributed by atoms with Crippen LogP contribution in [0.15, 0.2) is 6.20 Å². The number of halogens is 2. The van der Waals surface area contributed by atoms with Gasteiger partial charge in [0.25, 0.3) is 0 Å². The molecule has 1 heterocycles. The SMILES string of the molecule is Cc1c(C#C[Si](C)(C)C)cnc(Cl)c1F. The third-order valence-electron chi connectivity index (χ3n) is 1.79. The van der Waals surface area contributed by atoms with E-state index < -0.39 is 13.9 Å². The molecule has 0 aliphatic heterocycles. The highest BCUT2D eigenvalue weighted by molar-refractivity contribution is 6.83. The summed E-state index contributed by atoms with van der Waals surface area (Å²) in [5, 5.41) is -0.0916. The van der Waals surface area contributed by atoms with Crippen LogP contribution in [0.3, 0.4) is 0 Å². The first-order valence-electron chi connectivity index (χ1n) is 4.65. The zero-order valence-corrected chi connectivity index (χ0v) is 11.0. The number of hydrogen-bond donors (Lipinski definition) is 0. The predicted molar refractivity (Wildman–Crippen MR) is 64.2 cm³/mol. The standard InChI is InChI=1S/C11H13ClFNSi/c1-8-9(5-6-15(2,3)4)7-14-11(12)10(8)13/h7H,1-4H3. The Hall–Kier alpha value is -0.853. The highest BCUT2D eigenvalue weighted by Crippen LogP contribution is 2.17. The minimum Gasteiger partial charge on any atom is -0.240 e. The van der Waals surface area contributed by atoms with Crippen LogP contribution in [0.25, 0.3) is 0 Å². The molecule has 0 amide bonds. The lowest BCUT2D eigenvalue weighted by atomic mass is 10.2. The van der Waals surface area contributed by atoms with Crippen LogP contribution in [0.1, 0.15) is 11.1 Å². The zero-order chi connectivity index (χ0) is 11.6. The second-order valence-electron chi connectivity index (χ2n) is 4.40. The first-order chi connectivity index (χ1) is 6.81. The fourth-order valence-corrected chi connectivity index (χ4v) is 1.63. The van der Waals surface area contributed by atoms with Gasteiger partial charge in [-0.3, -0.25) is 0 Å². The van der Waals surface area contributed by atoms with Gasteiger partial charge in [-0.25, -0.2) is 9.37 Å². The minimum atomic E-state index is -1.44. The summed E-state index contributed by atoms with van der Waals surface area (Å²) in [6.07, 6.45) is 1.52. The van der Waals surface area contributed by atoms with Gasteiger partial charge in [-0.15, -0.1) is 5.54 Å². The van der Waals surface area contributed by atoms with Crippen molar-refractivity contribution >= 4 is 19.7 Å². The molecule has 1 aromatic rings. The molecule has 1 nitrogen and oxygen atoms in total. The predicted octanol–water partition coefficient (Wildman–Crippen LogP) is 3.41. The molecule has 0 N–H and O–H groups in total. The molecule has 1 aromatic heterocycles. The van der Waals surface area contributed by atoms with E-state index in [1.807, 2.05) is 0 Å². The molecule has 0 unspecified atom stereocenters. The molecule has 0 saturated carbocycles. The van der Waals surface area contributed by atoms with Crippen molar-refractivity contribution in [3.8, 4) is 11.5 Å². The summed E-state index contributed by atoms with van der Waals surface area (Å²) in [5.41, 5.74) is 4.26. The Balaban J connectivity index is 3.17. The van der Waals surface area contributed by atoms with Crippen LogP contribution in [0, 0.1) is 24.2 Å². The van der Waals surface area contributed by atoms with Crippen molar-refractivity contribution in [3.05, 3.63) is 28.3 Å². The van der Waals surface area contributed by atoms with Crippen LogP contribution < -0.4 is 0 Å². The summed E-state index contributed by atoms with van der Waals surface area (Å²) in [6, 6.07) is 0. The third kappa shape index (κ3) is 3.33. The molecule has 0 atom stereocenters. The van der Waals surface area contributed by atoms with Crippen molar-refractivity contribution in [3.63, 3.8) is 0 Å². The Labute approximate surface area is 95.7 Å². The summed E-state index contributed by atoms with van der Waals surface area (Å²) in [6.45, 7) is 8.07. The largest absolute Gasteiger partial charge is 0.240 e. The van der Waals surface area contributed by atoms with Crippen molar-refractivity contribution in [1.29, 1.82) is 0 Å². The topological polar surface area (TPSA) is 12.9 Å². The quantitative estimate of drug-likeness (QED) is 0.385. The summed E-state index contributed by atoms with van der Waals surface area (Å²) >= 11 is 5.55. The summed E-state index contributed by atoms with van der Waals surface area (Å²) < 4.78 is 13.4. The van der Waals surface area contributed by atoms with Gasteiger partial charge < -0.3 is 0 Å². The second-order valence-corrected chi connectivity index (χ2v) is 9.51. The van der Waals surface area contributed by atoms with Crippen molar-refractivity contribution in [2.45, 2.75) is 26.6 Å². The average Bonchev–Trinajstić information content (AvgIpc) is 2.12. The molecule has 0 aliphatic rings. The maximum Gasteiger partial charge on any atom is 0.165 e. The van der Waals surface area contributed by atoms with Gasteiger partial charge in [0.15, 0.2) is 11.0 Å². The van der Waals surface area contributed by atoms with E-state index in [-0.39, 0.29) is 5.15 Å². The summed E-state index contributed by atoms with van der Waals surface area (Å²) in [4.78, 5) is 3.74. The van der Waals surface area contributed by atoms with E-state index in [4.69, 9.17) is 11.6 Å². The van der Waals surface area contributed by atoms with Gasteiger partial charge in [0.2, 0.25) is 0 Å².